The number of carbonyl (C=O) groups is 1. The third-order valence-corrected chi connectivity index (χ3v) is 2.71. The molecule has 0 amide bonds. The van der Waals surface area contributed by atoms with Crippen molar-refractivity contribution in [2.75, 3.05) is 0 Å². The molecule has 0 saturated heterocycles. The molecule has 2 rings (SSSR count). The van der Waals surface area contributed by atoms with Gasteiger partial charge < -0.3 is 9.84 Å². The Morgan fingerprint density at radius 3 is 2.78 bits per heavy atom. The second-order valence-electron chi connectivity index (χ2n) is 3.75. The molecule has 0 atom stereocenters. The van der Waals surface area contributed by atoms with Crippen LogP contribution in [-0.4, -0.2) is 16.1 Å². The molecular weight excluding hydrogens is 298 g/mol. The molecule has 4 nitrogen and oxygen atoms in total. The number of benzene rings is 1. The van der Waals surface area contributed by atoms with Crippen LogP contribution in [0.1, 0.15) is 15.9 Å². The van der Waals surface area contributed by atoms with Crippen LogP contribution in [0, 0.1) is 6.92 Å². The summed E-state index contributed by atoms with van der Waals surface area (Å²) in [5, 5.41) is 9.08. The molecule has 0 aliphatic carbocycles. The molecule has 18 heavy (non-hydrogen) atoms. The zero-order valence-corrected chi connectivity index (χ0v) is 11.1. The lowest BCUT2D eigenvalue weighted by Gasteiger charge is -2.09. The minimum Gasteiger partial charge on any atom is -0.478 e. The number of hydrogen-bond donors (Lipinski definition) is 1. The van der Waals surface area contributed by atoms with Gasteiger partial charge in [0.15, 0.2) is 0 Å². The predicted octanol–water partition coefficient (Wildman–Crippen LogP) is 3.64. The van der Waals surface area contributed by atoms with E-state index >= 15 is 0 Å². The quantitative estimate of drug-likeness (QED) is 0.940. The predicted molar refractivity (Wildman–Crippen MR) is 70.1 cm³/mol. The first-order valence-corrected chi connectivity index (χ1v) is 5.98. The topological polar surface area (TPSA) is 59.4 Å². The third-order valence-electron chi connectivity index (χ3n) is 2.28. The average Bonchev–Trinajstić information content (AvgIpc) is 2.28. The molecule has 0 aliphatic heterocycles. The molecule has 0 fully saturated rings. The van der Waals surface area contributed by atoms with E-state index in [0.717, 1.165) is 10.0 Å². The van der Waals surface area contributed by atoms with Gasteiger partial charge in [0.05, 0.1) is 6.20 Å². The van der Waals surface area contributed by atoms with Crippen LogP contribution in [-0.2, 0) is 0 Å². The number of ether oxygens (including phenoxy) is 1. The first kappa shape index (κ1) is 12.6. The number of carboxylic acids is 1. The van der Waals surface area contributed by atoms with Crippen molar-refractivity contribution in [2.24, 2.45) is 0 Å². The van der Waals surface area contributed by atoms with Crippen molar-refractivity contribution >= 4 is 21.9 Å². The molecule has 92 valence electrons. The van der Waals surface area contributed by atoms with E-state index < -0.39 is 5.97 Å². The smallest absolute Gasteiger partial charge is 0.339 e. The Morgan fingerprint density at radius 2 is 2.11 bits per heavy atom. The summed E-state index contributed by atoms with van der Waals surface area (Å²) in [5.41, 5.74) is 1.05. The summed E-state index contributed by atoms with van der Waals surface area (Å²) in [5.74, 6) is -0.229. The van der Waals surface area contributed by atoms with Crippen LogP contribution in [0.3, 0.4) is 0 Å². The van der Waals surface area contributed by atoms with Gasteiger partial charge in [-0.05, 0) is 46.6 Å². The zero-order chi connectivity index (χ0) is 13.1. The van der Waals surface area contributed by atoms with Gasteiger partial charge in [0, 0.05) is 10.7 Å². The van der Waals surface area contributed by atoms with Crippen molar-refractivity contribution in [1.82, 2.24) is 4.98 Å². The van der Waals surface area contributed by atoms with Crippen molar-refractivity contribution in [3.05, 3.63) is 52.3 Å². The number of aromatic nitrogens is 1. The summed E-state index contributed by atoms with van der Waals surface area (Å²) < 4.78 is 6.33. The van der Waals surface area contributed by atoms with Crippen LogP contribution in [0.15, 0.2) is 41.1 Å². The van der Waals surface area contributed by atoms with Crippen LogP contribution in [0.4, 0.5) is 0 Å². The molecule has 0 radical (unpaired) electrons. The van der Waals surface area contributed by atoms with E-state index in [1.54, 1.807) is 24.4 Å². The molecule has 1 N–H and O–H groups in total. The fourth-order valence-corrected chi connectivity index (χ4v) is 1.81. The van der Waals surface area contributed by atoms with Gasteiger partial charge in [-0.25, -0.2) is 4.79 Å². The van der Waals surface area contributed by atoms with Crippen LogP contribution in [0.2, 0.25) is 0 Å². The lowest BCUT2D eigenvalue weighted by Crippen LogP contribution is -2.00. The van der Waals surface area contributed by atoms with Gasteiger partial charge in [0.2, 0.25) is 0 Å². The highest BCUT2D eigenvalue weighted by atomic mass is 79.9. The lowest BCUT2D eigenvalue weighted by molar-refractivity contribution is 0.0694. The number of rotatable bonds is 3. The van der Waals surface area contributed by atoms with E-state index in [9.17, 15) is 4.79 Å². The maximum atomic E-state index is 11.1. The molecule has 5 heteroatoms. The monoisotopic (exact) mass is 307 g/mol. The molecule has 0 aliphatic rings. The Labute approximate surface area is 112 Å². The SMILES string of the molecule is Cc1ccc(C(=O)O)c(Oc2cncc(Br)c2)c1. The molecule has 2 aromatic rings. The molecule has 1 aromatic heterocycles. The van der Waals surface area contributed by atoms with Gasteiger partial charge in [0.1, 0.15) is 17.1 Å². The number of hydrogen-bond acceptors (Lipinski definition) is 3. The third kappa shape index (κ3) is 2.87. The van der Waals surface area contributed by atoms with Crippen LogP contribution >= 0.6 is 15.9 Å². The highest BCUT2D eigenvalue weighted by molar-refractivity contribution is 9.10. The van der Waals surface area contributed by atoms with Gasteiger partial charge >= 0.3 is 5.97 Å². The van der Waals surface area contributed by atoms with E-state index in [4.69, 9.17) is 9.84 Å². The Kier molecular flexibility index (Phi) is 3.62. The van der Waals surface area contributed by atoms with E-state index in [-0.39, 0.29) is 5.56 Å². The van der Waals surface area contributed by atoms with Crippen molar-refractivity contribution in [3.8, 4) is 11.5 Å². The minimum absolute atomic E-state index is 0.126. The summed E-state index contributed by atoms with van der Waals surface area (Å²) in [6.45, 7) is 1.87. The van der Waals surface area contributed by atoms with Gasteiger partial charge in [-0.2, -0.15) is 0 Å². The van der Waals surface area contributed by atoms with Crippen molar-refractivity contribution in [3.63, 3.8) is 0 Å². The largest absolute Gasteiger partial charge is 0.478 e. The highest BCUT2D eigenvalue weighted by Crippen LogP contribution is 2.27. The summed E-state index contributed by atoms with van der Waals surface area (Å²) >= 11 is 3.28. The molecule has 1 aromatic carbocycles. The van der Waals surface area contributed by atoms with Crippen LogP contribution in [0.25, 0.3) is 0 Å². The summed E-state index contributed by atoms with van der Waals surface area (Å²) in [7, 11) is 0. The Balaban J connectivity index is 2.39. The number of aryl methyl sites for hydroxylation is 1. The normalized spacial score (nSPS) is 10.1. The van der Waals surface area contributed by atoms with Crippen LogP contribution < -0.4 is 4.74 Å². The number of aromatic carboxylic acids is 1. The fourth-order valence-electron chi connectivity index (χ4n) is 1.47. The number of pyridine rings is 1. The van der Waals surface area contributed by atoms with Crippen molar-refractivity contribution < 1.29 is 14.6 Å². The van der Waals surface area contributed by atoms with E-state index in [0.29, 0.717) is 11.5 Å². The molecule has 0 saturated carbocycles. The number of carboxylic acid groups (broad SMARTS) is 1. The lowest BCUT2D eigenvalue weighted by atomic mass is 10.1. The Bertz CT molecular complexity index is 599. The second kappa shape index (κ2) is 5.18. The minimum atomic E-state index is -1.02. The summed E-state index contributed by atoms with van der Waals surface area (Å²) in [6.07, 6.45) is 3.15. The number of halogens is 1. The van der Waals surface area contributed by atoms with E-state index in [1.807, 2.05) is 6.92 Å². The first-order chi connectivity index (χ1) is 8.56. The van der Waals surface area contributed by atoms with Gasteiger partial charge in [-0.15, -0.1) is 0 Å². The molecule has 0 unspecified atom stereocenters. The first-order valence-electron chi connectivity index (χ1n) is 5.18. The molecule has 1 heterocycles. The zero-order valence-electron chi connectivity index (χ0n) is 9.55. The van der Waals surface area contributed by atoms with Gasteiger partial charge in [-0.1, -0.05) is 6.07 Å². The summed E-state index contributed by atoms with van der Waals surface area (Å²) in [6, 6.07) is 6.67. The maximum Gasteiger partial charge on any atom is 0.339 e. The van der Waals surface area contributed by atoms with Crippen LogP contribution in [0.5, 0.6) is 11.5 Å². The maximum absolute atomic E-state index is 11.1. The number of nitrogens with zero attached hydrogens (tertiary/aromatic N) is 1. The van der Waals surface area contributed by atoms with Gasteiger partial charge in [0.25, 0.3) is 0 Å². The van der Waals surface area contributed by atoms with E-state index in [1.165, 1.54) is 12.3 Å². The Hall–Kier alpha value is -1.88. The van der Waals surface area contributed by atoms with Gasteiger partial charge in [-0.3, -0.25) is 4.98 Å². The average molecular weight is 308 g/mol. The molecule has 0 spiro atoms. The molecule has 0 bridgehead atoms. The molecular formula is C13H10BrNO3. The fraction of sp³-hybridized carbons (Fsp3) is 0.0769. The second-order valence-corrected chi connectivity index (χ2v) is 4.66. The van der Waals surface area contributed by atoms with Crippen molar-refractivity contribution in [1.29, 1.82) is 0 Å². The summed E-state index contributed by atoms with van der Waals surface area (Å²) in [4.78, 5) is 15.0. The highest BCUT2D eigenvalue weighted by Gasteiger charge is 2.12. The standard InChI is InChI=1S/C13H10BrNO3/c1-8-2-3-11(13(16)17)12(4-8)18-10-5-9(14)6-15-7-10/h2-7H,1H3,(H,16,17). The van der Waals surface area contributed by atoms with E-state index in [2.05, 4.69) is 20.9 Å². The van der Waals surface area contributed by atoms with Crippen molar-refractivity contribution in [2.45, 2.75) is 6.92 Å². The Morgan fingerprint density at radius 1 is 1.33 bits per heavy atom.